The molecule has 1 aromatic rings. The number of carboxylic acid groups (broad SMARTS) is 1. The molecule has 0 aliphatic rings. The fourth-order valence-electron chi connectivity index (χ4n) is 1.27. The van der Waals surface area contributed by atoms with Crippen molar-refractivity contribution in [2.24, 2.45) is 0 Å². The summed E-state index contributed by atoms with van der Waals surface area (Å²) in [4.78, 5) is 12.4. The summed E-state index contributed by atoms with van der Waals surface area (Å²) in [5.74, 6) is -0.924. The molecule has 88 valence electrons. The fraction of sp³-hybridized carbons (Fsp3) is 0.250. The molecule has 0 amide bonds. The first kappa shape index (κ1) is 14.7. The summed E-state index contributed by atoms with van der Waals surface area (Å²) in [5.41, 5.74) is 2.12. The normalized spacial score (nSPS) is 10.4. The van der Waals surface area contributed by atoms with Crippen molar-refractivity contribution >= 4 is 24.5 Å². The smallest absolute Gasteiger partial charge is 0.328 e. The Balaban J connectivity index is 0.00000225. The minimum Gasteiger partial charge on any atom is -0.478 e. The van der Waals surface area contributed by atoms with Crippen LogP contribution >= 0.6 is 12.4 Å². The van der Waals surface area contributed by atoms with Crippen LogP contribution < -0.4 is 0 Å². The van der Waals surface area contributed by atoms with Gasteiger partial charge >= 0.3 is 5.97 Å². The van der Waals surface area contributed by atoms with Crippen molar-refractivity contribution in [1.82, 2.24) is 4.90 Å². The molecule has 0 aliphatic heterocycles. The van der Waals surface area contributed by atoms with Crippen molar-refractivity contribution in [3.63, 3.8) is 0 Å². The molecule has 0 unspecified atom stereocenters. The molecule has 0 fully saturated rings. The number of halogens is 1. The summed E-state index contributed by atoms with van der Waals surface area (Å²) < 4.78 is 0. The summed E-state index contributed by atoms with van der Waals surface area (Å²) in [6, 6.07) is 7.83. The fourth-order valence-corrected chi connectivity index (χ4v) is 1.27. The molecule has 1 N–H and O–H groups in total. The van der Waals surface area contributed by atoms with E-state index in [2.05, 4.69) is 4.90 Å². The van der Waals surface area contributed by atoms with E-state index >= 15 is 0 Å². The molecule has 4 heteroatoms. The van der Waals surface area contributed by atoms with Crippen LogP contribution in [0.3, 0.4) is 0 Å². The van der Waals surface area contributed by atoms with Gasteiger partial charge in [-0.05, 0) is 31.3 Å². The number of carboxylic acids is 1. The first-order chi connectivity index (χ1) is 7.08. The largest absolute Gasteiger partial charge is 0.478 e. The van der Waals surface area contributed by atoms with Gasteiger partial charge in [0.2, 0.25) is 0 Å². The van der Waals surface area contributed by atoms with Crippen LogP contribution in [0.1, 0.15) is 11.1 Å². The minimum atomic E-state index is -0.924. The molecular formula is C12H16ClNO2. The van der Waals surface area contributed by atoms with Crippen LogP contribution in [0.25, 0.3) is 6.08 Å². The highest BCUT2D eigenvalue weighted by Gasteiger charge is 1.94. The molecule has 0 saturated carbocycles. The van der Waals surface area contributed by atoms with Gasteiger partial charge < -0.3 is 10.0 Å². The lowest BCUT2D eigenvalue weighted by molar-refractivity contribution is -0.131. The zero-order chi connectivity index (χ0) is 11.3. The summed E-state index contributed by atoms with van der Waals surface area (Å²) in [7, 11) is 4.02. The summed E-state index contributed by atoms with van der Waals surface area (Å²) >= 11 is 0. The van der Waals surface area contributed by atoms with Gasteiger partial charge in [-0.3, -0.25) is 0 Å². The van der Waals surface area contributed by atoms with Crippen molar-refractivity contribution in [3.8, 4) is 0 Å². The van der Waals surface area contributed by atoms with Crippen LogP contribution in [0.4, 0.5) is 0 Å². The highest BCUT2D eigenvalue weighted by Crippen LogP contribution is 2.07. The number of benzene rings is 1. The van der Waals surface area contributed by atoms with E-state index < -0.39 is 5.97 Å². The minimum absolute atomic E-state index is 0. The van der Waals surface area contributed by atoms with E-state index in [0.717, 1.165) is 18.2 Å². The maximum Gasteiger partial charge on any atom is 0.328 e. The Bertz CT molecular complexity index is 358. The molecular weight excluding hydrogens is 226 g/mol. The van der Waals surface area contributed by atoms with Gasteiger partial charge in [0.25, 0.3) is 0 Å². The molecule has 0 saturated heterocycles. The van der Waals surface area contributed by atoms with Crippen LogP contribution in [0, 0.1) is 0 Å². The van der Waals surface area contributed by atoms with Crippen molar-refractivity contribution in [2.45, 2.75) is 6.54 Å². The van der Waals surface area contributed by atoms with Gasteiger partial charge in [0.1, 0.15) is 0 Å². The summed E-state index contributed by atoms with van der Waals surface area (Å²) in [6.45, 7) is 0.892. The van der Waals surface area contributed by atoms with Crippen LogP contribution in [0.2, 0.25) is 0 Å². The van der Waals surface area contributed by atoms with Gasteiger partial charge in [-0.2, -0.15) is 0 Å². The van der Waals surface area contributed by atoms with Gasteiger partial charge in [0.05, 0.1) is 0 Å². The van der Waals surface area contributed by atoms with Gasteiger partial charge in [0.15, 0.2) is 0 Å². The first-order valence-corrected chi connectivity index (χ1v) is 4.72. The topological polar surface area (TPSA) is 40.5 Å². The average Bonchev–Trinajstić information content (AvgIpc) is 2.16. The Kier molecular flexibility index (Phi) is 6.46. The lowest BCUT2D eigenvalue weighted by Crippen LogP contribution is -2.10. The maximum absolute atomic E-state index is 10.3. The van der Waals surface area contributed by atoms with E-state index in [9.17, 15) is 4.79 Å². The molecule has 0 bridgehead atoms. The molecule has 16 heavy (non-hydrogen) atoms. The monoisotopic (exact) mass is 241 g/mol. The van der Waals surface area contributed by atoms with Crippen molar-refractivity contribution in [2.75, 3.05) is 14.1 Å². The maximum atomic E-state index is 10.3. The van der Waals surface area contributed by atoms with Gasteiger partial charge in [-0.1, -0.05) is 24.3 Å². The molecule has 3 nitrogen and oxygen atoms in total. The molecule has 0 aromatic heterocycles. The van der Waals surface area contributed by atoms with E-state index in [4.69, 9.17) is 5.11 Å². The zero-order valence-electron chi connectivity index (χ0n) is 9.38. The number of aliphatic carboxylic acids is 1. The molecule has 0 radical (unpaired) electrons. The number of nitrogens with zero attached hydrogens (tertiary/aromatic N) is 1. The van der Waals surface area contributed by atoms with Crippen LogP contribution in [-0.4, -0.2) is 30.1 Å². The van der Waals surface area contributed by atoms with Crippen LogP contribution in [-0.2, 0) is 11.3 Å². The molecule has 0 heterocycles. The van der Waals surface area contributed by atoms with Crippen molar-refractivity contribution in [3.05, 3.63) is 41.5 Å². The second-order valence-corrected chi connectivity index (χ2v) is 3.65. The molecule has 0 aliphatic carbocycles. The second kappa shape index (κ2) is 7.04. The quantitative estimate of drug-likeness (QED) is 0.823. The number of carbonyl (C=O) groups is 1. The summed E-state index contributed by atoms with van der Waals surface area (Å²) in [6.07, 6.45) is 2.72. The average molecular weight is 242 g/mol. The van der Waals surface area contributed by atoms with E-state index in [1.807, 2.05) is 38.4 Å². The lowest BCUT2D eigenvalue weighted by Gasteiger charge is -2.09. The molecule has 0 spiro atoms. The standard InChI is InChI=1S/C12H15NO2.ClH/c1-13(2)9-11-5-3-10(4-6-11)7-8-12(14)15;/h3-8H,9H2,1-2H3,(H,14,15);1H. The molecule has 1 aromatic carbocycles. The van der Waals surface area contributed by atoms with Gasteiger partial charge in [-0.15, -0.1) is 12.4 Å². The van der Waals surface area contributed by atoms with Crippen LogP contribution in [0.5, 0.6) is 0 Å². The van der Waals surface area contributed by atoms with E-state index in [0.29, 0.717) is 0 Å². The summed E-state index contributed by atoms with van der Waals surface area (Å²) in [5, 5.41) is 8.45. The Morgan fingerprint density at radius 3 is 2.31 bits per heavy atom. The number of rotatable bonds is 4. The number of hydrogen-bond acceptors (Lipinski definition) is 2. The van der Waals surface area contributed by atoms with E-state index in [1.165, 1.54) is 5.56 Å². The Morgan fingerprint density at radius 1 is 1.31 bits per heavy atom. The number of hydrogen-bond donors (Lipinski definition) is 1. The predicted octanol–water partition coefficient (Wildman–Crippen LogP) is 2.27. The third-order valence-electron chi connectivity index (χ3n) is 1.90. The predicted molar refractivity (Wildman–Crippen MR) is 67.8 cm³/mol. The molecule has 0 atom stereocenters. The first-order valence-electron chi connectivity index (χ1n) is 4.72. The van der Waals surface area contributed by atoms with E-state index in [1.54, 1.807) is 6.08 Å². The Morgan fingerprint density at radius 2 is 1.88 bits per heavy atom. The van der Waals surface area contributed by atoms with Gasteiger partial charge in [-0.25, -0.2) is 4.79 Å². The third-order valence-corrected chi connectivity index (χ3v) is 1.90. The molecule has 1 rings (SSSR count). The Labute approximate surface area is 102 Å². The second-order valence-electron chi connectivity index (χ2n) is 3.65. The van der Waals surface area contributed by atoms with Crippen molar-refractivity contribution < 1.29 is 9.90 Å². The highest BCUT2D eigenvalue weighted by atomic mass is 35.5. The van der Waals surface area contributed by atoms with Crippen LogP contribution in [0.15, 0.2) is 30.3 Å². The van der Waals surface area contributed by atoms with E-state index in [-0.39, 0.29) is 12.4 Å². The van der Waals surface area contributed by atoms with Gasteiger partial charge in [0, 0.05) is 12.6 Å². The third kappa shape index (κ3) is 5.53. The lowest BCUT2D eigenvalue weighted by atomic mass is 10.1. The zero-order valence-corrected chi connectivity index (χ0v) is 10.2. The highest BCUT2D eigenvalue weighted by molar-refractivity contribution is 5.85. The Hall–Kier alpha value is -1.32. The van der Waals surface area contributed by atoms with Crippen molar-refractivity contribution in [1.29, 1.82) is 0 Å². The SMILES string of the molecule is CN(C)Cc1ccc(C=CC(=O)O)cc1.Cl.